The van der Waals surface area contributed by atoms with Crippen LogP contribution in [-0.2, 0) is 9.59 Å². The molecule has 0 aromatic rings. The van der Waals surface area contributed by atoms with E-state index in [1.807, 2.05) is 6.92 Å². The molecule has 0 bridgehead atoms. The Morgan fingerprint density at radius 3 is 2.56 bits per heavy atom. The highest BCUT2D eigenvalue weighted by atomic mass is 16.2. The number of likely N-dealkylation sites (N-methyl/N-ethyl adjacent to an activating group) is 1. The highest BCUT2D eigenvalue weighted by Crippen LogP contribution is 2.34. The van der Waals surface area contributed by atoms with E-state index in [2.05, 4.69) is 5.32 Å². The predicted octanol–water partition coefficient (Wildman–Crippen LogP) is 1.06. The Balaban J connectivity index is 2.19. The Kier molecular flexibility index (Phi) is 2.91. The standard InChI is InChI=1S/C12H20N2O2/c1-3-6-9-10(15)13-12(7-4-5-8-12)11(16)14(9)2/h9H,3-8H2,1-2H3,(H,13,15). The Bertz CT molecular complexity index is 308. The largest absolute Gasteiger partial charge is 0.340 e. The third-order valence-electron chi connectivity index (χ3n) is 3.88. The van der Waals surface area contributed by atoms with Crippen LogP contribution in [0.3, 0.4) is 0 Å². The van der Waals surface area contributed by atoms with Gasteiger partial charge in [-0.15, -0.1) is 0 Å². The number of carbonyl (C=O) groups is 2. The van der Waals surface area contributed by atoms with Crippen LogP contribution in [0.2, 0.25) is 0 Å². The van der Waals surface area contributed by atoms with E-state index in [4.69, 9.17) is 0 Å². The zero-order valence-corrected chi connectivity index (χ0v) is 10.1. The molecule has 1 aliphatic heterocycles. The van der Waals surface area contributed by atoms with Crippen LogP contribution in [0, 0.1) is 0 Å². The fraction of sp³-hybridized carbons (Fsp3) is 0.833. The van der Waals surface area contributed by atoms with E-state index in [1.54, 1.807) is 11.9 Å². The van der Waals surface area contributed by atoms with Crippen LogP contribution in [-0.4, -0.2) is 35.3 Å². The van der Waals surface area contributed by atoms with Crippen LogP contribution in [0.1, 0.15) is 45.4 Å². The van der Waals surface area contributed by atoms with Gasteiger partial charge in [0.05, 0.1) is 0 Å². The van der Waals surface area contributed by atoms with E-state index in [9.17, 15) is 9.59 Å². The van der Waals surface area contributed by atoms with Crippen LogP contribution in [0.5, 0.6) is 0 Å². The van der Waals surface area contributed by atoms with Crippen molar-refractivity contribution < 1.29 is 9.59 Å². The summed E-state index contributed by atoms with van der Waals surface area (Å²) in [6.45, 7) is 2.03. The van der Waals surface area contributed by atoms with E-state index < -0.39 is 5.54 Å². The fourth-order valence-corrected chi connectivity index (χ4v) is 2.94. The van der Waals surface area contributed by atoms with Gasteiger partial charge >= 0.3 is 0 Å². The first-order chi connectivity index (χ1) is 7.60. The lowest BCUT2D eigenvalue weighted by Crippen LogP contribution is -2.68. The van der Waals surface area contributed by atoms with Crippen molar-refractivity contribution in [1.82, 2.24) is 10.2 Å². The molecule has 2 rings (SSSR count). The van der Waals surface area contributed by atoms with E-state index in [0.717, 1.165) is 38.5 Å². The van der Waals surface area contributed by atoms with E-state index in [0.29, 0.717) is 0 Å². The Labute approximate surface area is 96.4 Å². The highest BCUT2D eigenvalue weighted by Gasteiger charge is 2.50. The summed E-state index contributed by atoms with van der Waals surface area (Å²) in [6, 6.07) is -0.260. The summed E-state index contributed by atoms with van der Waals surface area (Å²) in [5, 5.41) is 2.98. The van der Waals surface area contributed by atoms with Crippen LogP contribution in [0.4, 0.5) is 0 Å². The lowest BCUT2D eigenvalue weighted by atomic mass is 9.90. The normalized spacial score (nSPS) is 28.6. The van der Waals surface area contributed by atoms with Gasteiger partial charge in [0.15, 0.2) is 0 Å². The van der Waals surface area contributed by atoms with Crippen LogP contribution < -0.4 is 5.32 Å². The molecule has 4 heteroatoms. The van der Waals surface area contributed by atoms with E-state index in [-0.39, 0.29) is 17.9 Å². The van der Waals surface area contributed by atoms with Gasteiger partial charge in [-0.3, -0.25) is 9.59 Å². The Morgan fingerprint density at radius 2 is 2.00 bits per heavy atom. The molecule has 16 heavy (non-hydrogen) atoms. The minimum Gasteiger partial charge on any atom is -0.340 e. The van der Waals surface area contributed by atoms with Crippen molar-refractivity contribution in [3.63, 3.8) is 0 Å². The minimum absolute atomic E-state index is 0.0332. The molecule has 1 heterocycles. The zero-order chi connectivity index (χ0) is 11.8. The quantitative estimate of drug-likeness (QED) is 0.762. The van der Waals surface area contributed by atoms with Crippen molar-refractivity contribution >= 4 is 11.8 Å². The summed E-state index contributed by atoms with van der Waals surface area (Å²) in [6.07, 6.45) is 5.37. The van der Waals surface area contributed by atoms with Crippen LogP contribution >= 0.6 is 0 Å². The molecule has 2 aliphatic rings. The summed E-state index contributed by atoms with van der Waals surface area (Å²) in [7, 11) is 1.77. The maximum Gasteiger partial charge on any atom is 0.248 e. The zero-order valence-electron chi connectivity index (χ0n) is 10.1. The molecule has 1 spiro atoms. The molecule has 1 unspecified atom stereocenters. The van der Waals surface area contributed by atoms with E-state index in [1.165, 1.54) is 0 Å². The Hall–Kier alpha value is -1.06. The SMILES string of the molecule is CCCC1C(=O)NC2(CCCC2)C(=O)N1C. The van der Waals surface area contributed by atoms with Gasteiger partial charge in [0, 0.05) is 7.05 Å². The maximum atomic E-state index is 12.3. The van der Waals surface area contributed by atoms with Crippen molar-refractivity contribution in [1.29, 1.82) is 0 Å². The molecule has 90 valence electrons. The monoisotopic (exact) mass is 224 g/mol. The molecule has 2 fully saturated rings. The van der Waals surface area contributed by atoms with Gasteiger partial charge in [0.2, 0.25) is 11.8 Å². The van der Waals surface area contributed by atoms with E-state index >= 15 is 0 Å². The second kappa shape index (κ2) is 4.07. The third-order valence-corrected chi connectivity index (χ3v) is 3.88. The molecule has 0 aromatic heterocycles. The fourth-order valence-electron chi connectivity index (χ4n) is 2.94. The second-order valence-electron chi connectivity index (χ2n) is 5.00. The molecule has 4 nitrogen and oxygen atoms in total. The number of hydrogen-bond donors (Lipinski definition) is 1. The summed E-state index contributed by atoms with van der Waals surface area (Å²) in [5.74, 6) is 0.147. The average molecular weight is 224 g/mol. The van der Waals surface area contributed by atoms with Gasteiger partial charge < -0.3 is 10.2 Å². The molecule has 1 N–H and O–H groups in total. The smallest absolute Gasteiger partial charge is 0.248 e. The van der Waals surface area contributed by atoms with Crippen molar-refractivity contribution in [2.75, 3.05) is 7.05 Å². The molecule has 1 saturated heterocycles. The van der Waals surface area contributed by atoms with Gasteiger partial charge in [-0.2, -0.15) is 0 Å². The van der Waals surface area contributed by atoms with Crippen molar-refractivity contribution in [2.24, 2.45) is 0 Å². The summed E-state index contributed by atoms with van der Waals surface area (Å²) in [5.41, 5.74) is -0.559. The lowest BCUT2D eigenvalue weighted by Gasteiger charge is -2.42. The van der Waals surface area contributed by atoms with Gasteiger partial charge in [-0.05, 0) is 19.3 Å². The van der Waals surface area contributed by atoms with Crippen molar-refractivity contribution in [3.05, 3.63) is 0 Å². The number of amides is 2. The first kappa shape index (κ1) is 11.4. The van der Waals surface area contributed by atoms with Gasteiger partial charge in [0.1, 0.15) is 11.6 Å². The lowest BCUT2D eigenvalue weighted by molar-refractivity contribution is -0.153. The number of nitrogens with zero attached hydrogens (tertiary/aromatic N) is 1. The van der Waals surface area contributed by atoms with Crippen molar-refractivity contribution in [3.8, 4) is 0 Å². The number of hydrogen-bond acceptors (Lipinski definition) is 2. The number of nitrogens with one attached hydrogen (secondary N) is 1. The topological polar surface area (TPSA) is 49.4 Å². The molecular formula is C12H20N2O2. The molecule has 1 atom stereocenters. The Morgan fingerprint density at radius 1 is 1.38 bits per heavy atom. The average Bonchev–Trinajstić information content (AvgIpc) is 2.71. The molecular weight excluding hydrogens is 204 g/mol. The molecule has 0 aromatic carbocycles. The first-order valence-corrected chi connectivity index (χ1v) is 6.20. The van der Waals surface area contributed by atoms with Crippen LogP contribution in [0.25, 0.3) is 0 Å². The highest BCUT2D eigenvalue weighted by molar-refractivity contribution is 5.99. The third kappa shape index (κ3) is 1.60. The number of carbonyl (C=O) groups excluding carboxylic acids is 2. The second-order valence-corrected chi connectivity index (χ2v) is 5.00. The number of rotatable bonds is 2. The van der Waals surface area contributed by atoms with Crippen LogP contribution in [0.15, 0.2) is 0 Å². The predicted molar refractivity (Wildman–Crippen MR) is 60.8 cm³/mol. The summed E-state index contributed by atoms with van der Waals surface area (Å²) >= 11 is 0. The van der Waals surface area contributed by atoms with Gasteiger partial charge in [-0.25, -0.2) is 0 Å². The molecule has 0 radical (unpaired) electrons. The number of piperazine rings is 1. The summed E-state index contributed by atoms with van der Waals surface area (Å²) in [4.78, 5) is 25.9. The maximum absolute atomic E-state index is 12.3. The minimum atomic E-state index is -0.559. The van der Waals surface area contributed by atoms with Gasteiger partial charge in [-0.1, -0.05) is 26.2 Å². The molecule has 2 amide bonds. The summed E-state index contributed by atoms with van der Waals surface area (Å²) < 4.78 is 0. The van der Waals surface area contributed by atoms with Gasteiger partial charge in [0.25, 0.3) is 0 Å². The first-order valence-electron chi connectivity index (χ1n) is 6.20. The molecule has 1 saturated carbocycles. The molecule has 1 aliphatic carbocycles. The van der Waals surface area contributed by atoms with Crippen molar-refractivity contribution in [2.45, 2.75) is 57.0 Å².